The van der Waals surface area contributed by atoms with Crippen LogP contribution < -0.4 is 5.32 Å². The average molecular weight is 329 g/mol. The van der Waals surface area contributed by atoms with Crippen molar-refractivity contribution < 1.29 is 24.5 Å². The van der Waals surface area contributed by atoms with E-state index in [1.807, 2.05) is 27.7 Å². The number of carbonyl (C=O) groups is 1. The first-order valence-electron chi connectivity index (χ1n) is 8.28. The van der Waals surface area contributed by atoms with Crippen LogP contribution in [0.5, 0.6) is 0 Å². The molecule has 23 heavy (non-hydrogen) atoms. The molecule has 0 radical (unpaired) electrons. The molecule has 6 atom stereocenters. The van der Waals surface area contributed by atoms with Gasteiger partial charge in [0.2, 0.25) is 5.91 Å². The summed E-state index contributed by atoms with van der Waals surface area (Å²) in [7, 11) is 0. The minimum absolute atomic E-state index is 0.0872. The van der Waals surface area contributed by atoms with Crippen molar-refractivity contribution in [3.8, 4) is 0 Å². The molecular formula is C17H31NO5. The fourth-order valence-corrected chi connectivity index (χ4v) is 2.74. The van der Waals surface area contributed by atoms with E-state index in [0.29, 0.717) is 12.0 Å². The molecule has 134 valence electrons. The van der Waals surface area contributed by atoms with Gasteiger partial charge in [0.25, 0.3) is 0 Å². The van der Waals surface area contributed by atoms with Crippen LogP contribution in [0.4, 0.5) is 0 Å². The van der Waals surface area contributed by atoms with Crippen molar-refractivity contribution in [1.82, 2.24) is 5.32 Å². The van der Waals surface area contributed by atoms with Crippen molar-refractivity contribution >= 4 is 5.91 Å². The van der Waals surface area contributed by atoms with Crippen LogP contribution in [0.3, 0.4) is 0 Å². The molecule has 3 N–H and O–H groups in total. The summed E-state index contributed by atoms with van der Waals surface area (Å²) in [6, 6.07) is -0.645. The number of ether oxygens (including phenoxy) is 2. The third-order valence-corrected chi connectivity index (χ3v) is 4.64. The van der Waals surface area contributed by atoms with Gasteiger partial charge in [-0.3, -0.25) is 4.79 Å². The zero-order valence-electron chi connectivity index (χ0n) is 14.8. The van der Waals surface area contributed by atoms with Crippen LogP contribution in [0.2, 0.25) is 0 Å². The molecule has 0 aliphatic carbocycles. The number of aliphatic hydroxyl groups is 2. The Morgan fingerprint density at radius 1 is 1.48 bits per heavy atom. The van der Waals surface area contributed by atoms with Crippen molar-refractivity contribution in [2.24, 2.45) is 0 Å². The van der Waals surface area contributed by atoms with Gasteiger partial charge in [0.1, 0.15) is 18.3 Å². The minimum atomic E-state index is -0.983. The predicted octanol–water partition coefficient (Wildman–Crippen LogP) is 1.15. The lowest BCUT2D eigenvalue weighted by Gasteiger charge is -2.50. The van der Waals surface area contributed by atoms with Crippen molar-refractivity contribution in [2.45, 2.75) is 83.5 Å². The second-order valence-electron chi connectivity index (χ2n) is 6.55. The maximum Gasteiger partial charge on any atom is 0.246 e. The van der Waals surface area contributed by atoms with Crippen LogP contribution in [-0.4, -0.2) is 58.8 Å². The van der Waals surface area contributed by atoms with Crippen LogP contribution in [0.25, 0.3) is 0 Å². The first-order chi connectivity index (χ1) is 10.7. The molecule has 0 aromatic rings. The van der Waals surface area contributed by atoms with Gasteiger partial charge in [0.05, 0.1) is 24.4 Å². The number of rotatable bonds is 7. The largest absolute Gasteiger partial charge is 0.394 e. The average Bonchev–Trinajstić information content (AvgIpc) is 2.53. The van der Waals surface area contributed by atoms with Crippen LogP contribution >= 0.6 is 0 Å². The molecule has 1 rings (SSSR count). The van der Waals surface area contributed by atoms with Crippen LogP contribution in [0.1, 0.15) is 47.5 Å². The standard InChI is InChI=1S/C17H31NO5/c1-7-11(5)22-14-12(9-19)23-17(6,8-2)15(13(14)20)18-16(21)10(3)4/h11-15,19-20H,3,7-9H2,1-2,4-6H3,(H,18,21)/t11?,12-,13?,14?,15?,17-/m0/s1. The smallest absolute Gasteiger partial charge is 0.246 e. The molecule has 1 saturated heterocycles. The van der Waals surface area contributed by atoms with Crippen molar-refractivity contribution in [1.29, 1.82) is 0 Å². The monoisotopic (exact) mass is 329 g/mol. The van der Waals surface area contributed by atoms with Gasteiger partial charge in [-0.2, -0.15) is 0 Å². The molecule has 0 saturated carbocycles. The molecule has 0 aromatic heterocycles. The third kappa shape index (κ3) is 4.53. The van der Waals surface area contributed by atoms with E-state index in [1.54, 1.807) is 6.92 Å². The van der Waals surface area contributed by atoms with Crippen molar-refractivity contribution in [3.05, 3.63) is 12.2 Å². The molecule has 6 nitrogen and oxygen atoms in total. The van der Waals surface area contributed by atoms with E-state index >= 15 is 0 Å². The highest BCUT2D eigenvalue weighted by Gasteiger charge is 2.52. The highest BCUT2D eigenvalue weighted by Crippen LogP contribution is 2.34. The SMILES string of the molecule is C=C(C)C(=O)NC1C(O)C(OC(C)CC)[C@H](CO)O[C@@]1(C)CC. The van der Waals surface area contributed by atoms with Crippen LogP contribution in [0, 0.1) is 0 Å². The van der Waals surface area contributed by atoms with Gasteiger partial charge >= 0.3 is 0 Å². The summed E-state index contributed by atoms with van der Waals surface area (Å²) >= 11 is 0. The highest BCUT2D eigenvalue weighted by atomic mass is 16.6. The van der Waals surface area contributed by atoms with E-state index in [1.165, 1.54) is 0 Å². The van der Waals surface area contributed by atoms with Gasteiger partial charge < -0.3 is 25.0 Å². The molecule has 1 heterocycles. The number of amides is 1. The maximum absolute atomic E-state index is 12.0. The van der Waals surface area contributed by atoms with Gasteiger partial charge in [-0.15, -0.1) is 0 Å². The van der Waals surface area contributed by atoms with E-state index in [-0.39, 0.29) is 18.6 Å². The van der Waals surface area contributed by atoms with Crippen LogP contribution in [0.15, 0.2) is 12.2 Å². The summed E-state index contributed by atoms with van der Waals surface area (Å²) in [5.41, 5.74) is -0.438. The van der Waals surface area contributed by atoms with E-state index < -0.39 is 30.0 Å². The van der Waals surface area contributed by atoms with E-state index in [4.69, 9.17) is 9.47 Å². The second kappa shape index (κ2) is 8.24. The number of nitrogens with one attached hydrogen (secondary N) is 1. The van der Waals surface area contributed by atoms with Gasteiger partial charge in [-0.1, -0.05) is 20.4 Å². The molecule has 0 bridgehead atoms. The summed E-state index contributed by atoms with van der Waals surface area (Å²) in [6.07, 6.45) is -1.07. The Kier molecular flexibility index (Phi) is 7.20. The van der Waals surface area contributed by atoms with Gasteiger partial charge in [0.15, 0.2) is 0 Å². The lowest BCUT2D eigenvalue weighted by Crippen LogP contribution is -2.69. The number of hydrogen-bond acceptors (Lipinski definition) is 5. The number of carbonyl (C=O) groups excluding carboxylic acids is 1. The molecule has 1 amide bonds. The number of aliphatic hydroxyl groups excluding tert-OH is 2. The molecule has 0 aromatic carbocycles. The Labute approximate surface area is 138 Å². The van der Waals surface area contributed by atoms with E-state index in [0.717, 1.165) is 6.42 Å². The normalized spacial score (nSPS) is 35.6. The Bertz CT molecular complexity index is 427. The summed E-state index contributed by atoms with van der Waals surface area (Å²) in [5, 5.41) is 23.2. The Balaban J connectivity index is 3.07. The molecule has 1 aliphatic heterocycles. The van der Waals surface area contributed by atoms with Gasteiger partial charge in [-0.25, -0.2) is 0 Å². The van der Waals surface area contributed by atoms with Crippen molar-refractivity contribution in [2.75, 3.05) is 6.61 Å². The first-order valence-corrected chi connectivity index (χ1v) is 8.28. The molecule has 6 heteroatoms. The number of hydrogen-bond donors (Lipinski definition) is 3. The summed E-state index contributed by atoms with van der Waals surface area (Å²) in [4.78, 5) is 12.0. The second-order valence-corrected chi connectivity index (χ2v) is 6.55. The molecule has 4 unspecified atom stereocenters. The lowest BCUT2D eigenvalue weighted by molar-refractivity contribution is -0.253. The molecular weight excluding hydrogens is 298 g/mol. The van der Waals surface area contributed by atoms with E-state index in [9.17, 15) is 15.0 Å². The lowest BCUT2D eigenvalue weighted by atomic mass is 9.81. The predicted molar refractivity (Wildman–Crippen MR) is 88.0 cm³/mol. The minimum Gasteiger partial charge on any atom is -0.394 e. The summed E-state index contributed by atoms with van der Waals surface area (Å²) < 4.78 is 11.9. The van der Waals surface area contributed by atoms with E-state index in [2.05, 4.69) is 11.9 Å². The summed E-state index contributed by atoms with van der Waals surface area (Å²) in [6.45, 7) is 12.6. The Hall–Kier alpha value is -0.950. The Morgan fingerprint density at radius 2 is 2.09 bits per heavy atom. The van der Waals surface area contributed by atoms with Gasteiger partial charge in [0, 0.05) is 5.57 Å². The fraction of sp³-hybridized carbons (Fsp3) is 0.824. The zero-order chi connectivity index (χ0) is 17.8. The fourth-order valence-electron chi connectivity index (χ4n) is 2.74. The molecule has 1 aliphatic rings. The summed E-state index contributed by atoms with van der Waals surface area (Å²) in [5.74, 6) is -0.331. The molecule has 0 spiro atoms. The van der Waals surface area contributed by atoms with Gasteiger partial charge in [-0.05, 0) is 33.6 Å². The Morgan fingerprint density at radius 3 is 2.52 bits per heavy atom. The first kappa shape index (κ1) is 20.1. The zero-order valence-corrected chi connectivity index (χ0v) is 14.8. The highest BCUT2D eigenvalue weighted by molar-refractivity contribution is 5.92. The quantitative estimate of drug-likeness (QED) is 0.610. The third-order valence-electron chi connectivity index (χ3n) is 4.64. The van der Waals surface area contributed by atoms with Crippen molar-refractivity contribution in [3.63, 3.8) is 0 Å². The molecule has 1 fully saturated rings. The van der Waals surface area contributed by atoms with Crippen LogP contribution in [-0.2, 0) is 14.3 Å². The topological polar surface area (TPSA) is 88.0 Å². The maximum atomic E-state index is 12.0.